The van der Waals surface area contributed by atoms with Crippen LogP contribution in [0.15, 0.2) is 65.3 Å². The van der Waals surface area contributed by atoms with Crippen molar-refractivity contribution in [1.82, 2.24) is 15.3 Å². The normalized spacial score (nSPS) is 15.6. The average Bonchev–Trinajstić information content (AvgIpc) is 3.46. The van der Waals surface area contributed by atoms with Crippen molar-refractivity contribution in [3.63, 3.8) is 0 Å². The van der Waals surface area contributed by atoms with Crippen LogP contribution < -0.4 is 10.3 Å². The lowest BCUT2D eigenvalue weighted by atomic mass is 10.1. The average molecular weight is 434 g/mol. The molecule has 158 valence electrons. The Bertz CT molecular complexity index is 1080. The van der Waals surface area contributed by atoms with E-state index in [0.717, 1.165) is 34.8 Å². The number of aromatic nitrogens is 2. The largest absolute Gasteiger partial charge is 0.351 e. The lowest BCUT2D eigenvalue weighted by Gasteiger charge is -2.20. The molecule has 0 bridgehead atoms. The molecule has 0 saturated carbocycles. The second-order valence-electron chi connectivity index (χ2n) is 7.28. The van der Waals surface area contributed by atoms with E-state index in [1.54, 1.807) is 28.7 Å². The zero-order valence-electron chi connectivity index (χ0n) is 17.2. The highest BCUT2D eigenvalue weighted by Crippen LogP contribution is 2.25. The van der Waals surface area contributed by atoms with Crippen molar-refractivity contribution in [2.75, 3.05) is 11.6 Å². The molecule has 0 aliphatic carbocycles. The number of carbonyl (C=O) groups excluding carboxylic acids is 2. The van der Waals surface area contributed by atoms with Crippen molar-refractivity contribution < 1.29 is 9.59 Å². The maximum absolute atomic E-state index is 12.6. The summed E-state index contributed by atoms with van der Waals surface area (Å²) in [5, 5.41) is 12.1. The van der Waals surface area contributed by atoms with E-state index in [1.165, 1.54) is 6.92 Å². The number of pyridine rings is 1. The summed E-state index contributed by atoms with van der Waals surface area (Å²) in [4.78, 5) is 33.3. The van der Waals surface area contributed by atoms with Gasteiger partial charge < -0.3 is 5.32 Å². The highest BCUT2D eigenvalue weighted by molar-refractivity contribution is 7.09. The molecule has 2 aromatic heterocycles. The number of amides is 1. The maximum Gasteiger partial charge on any atom is 0.267 e. The molecule has 1 aromatic carbocycles. The summed E-state index contributed by atoms with van der Waals surface area (Å²) >= 11 is 1.62. The molecular formula is C23H23N5O2S. The number of ketones is 1. The van der Waals surface area contributed by atoms with Crippen molar-refractivity contribution >= 4 is 34.4 Å². The van der Waals surface area contributed by atoms with E-state index >= 15 is 0 Å². The Morgan fingerprint density at radius 2 is 1.94 bits per heavy atom. The smallest absolute Gasteiger partial charge is 0.267 e. The molecule has 1 aliphatic rings. The molecule has 1 amide bonds. The van der Waals surface area contributed by atoms with Crippen molar-refractivity contribution in [1.29, 1.82) is 0 Å². The van der Waals surface area contributed by atoms with Gasteiger partial charge in [-0.15, -0.1) is 11.3 Å². The summed E-state index contributed by atoms with van der Waals surface area (Å²) in [5.74, 6) is -0.231. The number of hydrazone groups is 1. The van der Waals surface area contributed by atoms with Crippen LogP contribution in [0.5, 0.6) is 0 Å². The van der Waals surface area contributed by atoms with Crippen molar-refractivity contribution in [3.8, 4) is 11.3 Å². The molecule has 1 unspecified atom stereocenters. The first-order valence-corrected chi connectivity index (χ1v) is 11.0. The van der Waals surface area contributed by atoms with E-state index < -0.39 is 6.04 Å². The summed E-state index contributed by atoms with van der Waals surface area (Å²) in [5.41, 5.74) is 3.19. The van der Waals surface area contributed by atoms with Gasteiger partial charge in [0.1, 0.15) is 11.8 Å². The number of Topliss-reactive ketones (excluding diaryl/α,β-unsaturated/α-hetero) is 1. The highest BCUT2D eigenvalue weighted by atomic mass is 32.1. The molecule has 3 aromatic rings. The van der Waals surface area contributed by atoms with Gasteiger partial charge in [-0.3, -0.25) is 19.6 Å². The van der Waals surface area contributed by atoms with Crippen LogP contribution in [-0.2, 0) is 16.0 Å². The predicted molar refractivity (Wildman–Crippen MR) is 122 cm³/mol. The fourth-order valence-electron chi connectivity index (χ4n) is 3.41. The number of hydrogen-bond donors (Lipinski definition) is 1. The fraction of sp³-hybridized carbons (Fsp3) is 0.261. The van der Waals surface area contributed by atoms with Gasteiger partial charge in [0, 0.05) is 42.7 Å². The number of hydrogen-bond acceptors (Lipinski definition) is 7. The second kappa shape index (κ2) is 9.61. The van der Waals surface area contributed by atoms with E-state index in [-0.39, 0.29) is 11.7 Å². The molecule has 0 fully saturated rings. The van der Waals surface area contributed by atoms with Crippen LogP contribution in [0.2, 0.25) is 0 Å². The van der Waals surface area contributed by atoms with Gasteiger partial charge in [-0.05, 0) is 37.6 Å². The highest BCUT2D eigenvalue weighted by Gasteiger charge is 2.33. The lowest BCUT2D eigenvalue weighted by Crippen LogP contribution is -2.34. The van der Waals surface area contributed by atoms with Crippen molar-refractivity contribution in [3.05, 3.63) is 65.2 Å². The van der Waals surface area contributed by atoms with E-state index in [2.05, 4.69) is 20.4 Å². The molecule has 7 nitrogen and oxygen atoms in total. The van der Waals surface area contributed by atoms with Gasteiger partial charge in [-0.1, -0.05) is 18.2 Å². The Balaban J connectivity index is 1.30. The van der Waals surface area contributed by atoms with Gasteiger partial charge in [0.15, 0.2) is 5.78 Å². The maximum atomic E-state index is 12.6. The first-order valence-electron chi connectivity index (χ1n) is 10.2. The van der Waals surface area contributed by atoms with E-state index in [0.29, 0.717) is 18.7 Å². The quantitative estimate of drug-likeness (QED) is 0.550. The summed E-state index contributed by atoms with van der Waals surface area (Å²) in [7, 11) is 0. The molecule has 0 saturated heterocycles. The van der Waals surface area contributed by atoms with Gasteiger partial charge in [0.25, 0.3) is 5.91 Å². The van der Waals surface area contributed by atoms with E-state index in [4.69, 9.17) is 0 Å². The first-order chi connectivity index (χ1) is 15.1. The third-order valence-corrected chi connectivity index (χ3v) is 5.95. The van der Waals surface area contributed by atoms with Crippen LogP contribution in [0.1, 0.15) is 24.8 Å². The molecule has 1 N–H and O–H groups in total. The molecule has 1 atom stereocenters. The summed E-state index contributed by atoms with van der Waals surface area (Å²) < 4.78 is 0. The number of rotatable bonds is 8. The topological polar surface area (TPSA) is 87.5 Å². The van der Waals surface area contributed by atoms with Gasteiger partial charge in [-0.25, -0.2) is 4.98 Å². The predicted octanol–water partition coefficient (Wildman–Crippen LogP) is 3.48. The molecule has 8 heteroatoms. The van der Waals surface area contributed by atoms with Crippen LogP contribution in [0.4, 0.5) is 5.69 Å². The minimum Gasteiger partial charge on any atom is -0.351 e. The number of thiazole rings is 1. The zero-order valence-corrected chi connectivity index (χ0v) is 18.0. The first kappa shape index (κ1) is 20.9. The fourth-order valence-corrected chi connectivity index (χ4v) is 4.26. The zero-order chi connectivity index (χ0) is 21.6. The number of carbonyl (C=O) groups is 2. The summed E-state index contributed by atoms with van der Waals surface area (Å²) in [6, 6.07) is 12.9. The van der Waals surface area contributed by atoms with Crippen LogP contribution in [0.3, 0.4) is 0 Å². The lowest BCUT2D eigenvalue weighted by molar-refractivity contribution is -0.118. The molecule has 0 spiro atoms. The number of benzene rings is 1. The summed E-state index contributed by atoms with van der Waals surface area (Å²) in [6.07, 6.45) is 5.39. The number of para-hydroxylation sites is 1. The minimum absolute atomic E-state index is 0.0100. The SMILES string of the molecule is CC(=O)C1CC(C(=O)NCCCc2nc(-c3ccncc3)cs2)=NN1c1ccccc1. The van der Waals surface area contributed by atoms with Crippen molar-refractivity contribution in [2.24, 2.45) is 5.10 Å². The molecule has 4 rings (SSSR count). The summed E-state index contributed by atoms with van der Waals surface area (Å²) in [6.45, 7) is 2.06. The van der Waals surface area contributed by atoms with Gasteiger partial charge >= 0.3 is 0 Å². The van der Waals surface area contributed by atoms with Gasteiger partial charge in [-0.2, -0.15) is 5.10 Å². The van der Waals surface area contributed by atoms with E-state index in [1.807, 2.05) is 47.8 Å². The molecular weight excluding hydrogens is 410 g/mol. The number of nitrogens with zero attached hydrogens (tertiary/aromatic N) is 4. The molecule has 1 aliphatic heterocycles. The minimum atomic E-state index is -0.440. The Kier molecular flexibility index (Phi) is 6.47. The molecule has 3 heterocycles. The van der Waals surface area contributed by atoms with Crippen molar-refractivity contribution in [2.45, 2.75) is 32.2 Å². The molecule has 0 radical (unpaired) electrons. The number of nitrogens with one attached hydrogen (secondary N) is 1. The van der Waals surface area contributed by atoms with E-state index in [9.17, 15) is 9.59 Å². The standard InChI is InChI=1S/C23H23N5O2S/c1-16(29)21-14-19(27-28(21)18-6-3-2-4-7-18)23(30)25-11-5-8-22-26-20(15-31-22)17-9-12-24-13-10-17/h2-4,6-7,9-10,12-13,15,21H,5,8,11,14H2,1H3,(H,25,30). The third kappa shape index (κ3) is 5.03. The van der Waals surface area contributed by atoms with Crippen LogP contribution in [0.25, 0.3) is 11.3 Å². The molecule has 31 heavy (non-hydrogen) atoms. The van der Waals surface area contributed by atoms with Gasteiger partial charge in [0.2, 0.25) is 0 Å². The Morgan fingerprint density at radius 3 is 2.68 bits per heavy atom. The Morgan fingerprint density at radius 1 is 1.16 bits per heavy atom. The van der Waals surface area contributed by atoms with Crippen LogP contribution >= 0.6 is 11.3 Å². The second-order valence-corrected chi connectivity index (χ2v) is 8.22. The van der Waals surface area contributed by atoms with Crippen LogP contribution in [0, 0.1) is 0 Å². The Labute approximate surface area is 184 Å². The van der Waals surface area contributed by atoms with Gasteiger partial charge in [0.05, 0.1) is 16.4 Å². The number of aryl methyl sites for hydroxylation is 1. The van der Waals surface area contributed by atoms with Crippen LogP contribution in [-0.4, -0.2) is 40.0 Å². The number of anilines is 1. The Hall–Kier alpha value is -3.39. The monoisotopic (exact) mass is 433 g/mol. The third-order valence-electron chi connectivity index (χ3n) is 5.04.